The minimum Gasteiger partial charge on any atom is -0.336 e. The van der Waals surface area contributed by atoms with Gasteiger partial charge in [-0.25, -0.2) is 19.9 Å². The van der Waals surface area contributed by atoms with E-state index in [1.165, 1.54) is 0 Å². The predicted molar refractivity (Wildman–Crippen MR) is 88.0 cm³/mol. The molecule has 1 aromatic carbocycles. The van der Waals surface area contributed by atoms with Crippen molar-refractivity contribution >= 4 is 44.7 Å². The van der Waals surface area contributed by atoms with Gasteiger partial charge in [0.1, 0.15) is 0 Å². The molecule has 8 heteroatoms. The van der Waals surface area contributed by atoms with E-state index in [0.29, 0.717) is 0 Å². The van der Waals surface area contributed by atoms with Gasteiger partial charge in [-0.15, -0.1) is 22.7 Å². The van der Waals surface area contributed by atoms with Crippen LogP contribution in [0.15, 0.2) is 35.3 Å². The Kier molecular flexibility index (Phi) is 2.43. The lowest BCUT2D eigenvalue weighted by Crippen LogP contribution is -1.77. The number of hydrogen-bond donors (Lipinski definition) is 2. The van der Waals surface area contributed by atoms with Crippen molar-refractivity contribution in [3.05, 3.63) is 35.3 Å². The van der Waals surface area contributed by atoms with Gasteiger partial charge in [-0.05, 0) is 12.1 Å². The molecule has 2 N–H and O–H groups in total. The number of nitrogens with one attached hydrogen (secondary N) is 2. The Morgan fingerprint density at radius 3 is 1.73 bits per heavy atom. The Labute approximate surface area is 131 Å². The second-order valence-electron chi connectivity index (χ2n) is 4.73. The third-order valence-corrected chi connectivity index (χ3v) is 4.91. The maximum Gasteiger partial charge on any atom is 0.167 e. The summed E-state index contributed by atoms with van der Waals surface area (Å²) in [4.78, 5) is 24.4. The number of nitrogens with zero attached hydrogens (tertiary/aromatic N) is 4. The van der Waals surface area contributed by atoms with E-state index in [2.05, 4.69) is 29.9 Å². The second kappa shape index (κ2) is 4.46. The van der Waals surface area contributed by atoms with E-state index in [1.807, 2.05) is 22.9 Å². The third-order valence-electron chi connectivity index (χ3n) is 3.35. The molecule has 6 nitrogen and oxygen atoms in total. The van der Waals surface area contributed by atoms with E-state index in [-0.39, 0.29) is 0 Å². The van der Waals surface area contributed by atoms with Crippen molar-refractivity contribution in [2.75, 3.05) is 0 Å². The van der Waals surface area contributed by atoms with Crippen LogP contribution in [0.5, 0.6) is 0 Å². The largest absolute Gasteiger partial charge is 0.336 e. The first-order chi connectivity index (χ1) is 10.9. The quantitative estimate of drug-likeness (QED) is 0.519. The zero-order valence-corrected chi connectivity index (χ0v) is 12.7. The van der Waals surface area contributed by atoms with E-state index < -0.39 is 0 Å². The molecule has 0 saturated heterocycles. The van der Waals surface area contributed by atoms with Crippen LogP contribution in [-0.4, -0.2) is 29.9 Å². The predicted octanol–water partition coefficient (Wildman–Crippen LogP) is 3.69. The molecule has 0 saturated carbocycles. The highest BCUT2D eigenvalue weighted by Crippen LogP contribution is 2.27. The summed E-state index contributed by atoms with van der Waals surface area (Å²) in [6.45, 7) is 0. The average Bonchev–Trinajstić information content (AvgIpc) is 3.27. The van der Waals surface area contributed by atoms with Crippen LogP contribution in [0.4, 0.5) is 0 Å². The minimum atomic E-state index is 0.790. The first kappa shape index (κ1) is 12.0. The molecule has 0 aliphatic rings. The molecular formula is C14H8N6S2. The molecule has 106 valence electrons. The summed E-state index contributed by atoms with van der Waals surface area (Å²) in [5.41, 5.74) is 3.70. The number of benzene rings is 1. The fourth-order valence-corrected chi connectivity index (χ4v) is 3.56. The zero-order valence-electron chi connectivity index (χ0n) is 11.1. The molecule has 0 amide bonds. The highest BCUT2D eigenvalue weighted by molar-refractivity contribution is 7.13. The molecule has 4 heterocycles. The molecule has 0 atom stereocenters. The van der Waals surface area contributed by atoms with Gasteiger partial charge < -0.3 is 9.97 Å². The monoisotopic (exact) mass is 324 g/mol. The van der Waals surface area contributed by atoms with Crippen molar-refractivity contribution in [2.24, 2.45) is 0 Å². The Balaban J connectivity index is 1.69. The maximum absolute atomic E-state index is 4.60. The molecule has 5 aromatic rings. The molecule has 0 aliphatic heterocycles. The highest BCUT2D eigenvalue weighted by Gasteiger charge is 2.12. The Bertz CT molecular complexity index is 937. The van der Waals surface area contributed by atoms with Gasteiger partial charge in [-0.3, -0.25) is 0 Å². The molecule has 0 fully saturated rings. The SMILES string of the molecule is c1csc(-c2nc3cc4nc(-c5nccs5)[nH]c4cc3[nH]2)n1. The topological polar surface area (TPSA) is 83.1 Å². The summed E-state index contributed by atoms with van der Waals surface area (Å²) < 4.78 is 0. The Morgan fingerprint density at radius 1 is 0.727 bits per heavy atom. The van der Waals surface area contributed by atoms with Gasteiger partial charge >= 0.3 is 0 Å². The molecule has 0 unspecified atom stereocenters. The van der Waals surface area contributed by atoms with E-state index in [0.717, 1.165) is 43.7 Å². The lowest BCUT2D eigenvalue weighted by atomic mass is 10.3. The standard InChI is InChI=1S/C14H8N6S2/c1-3-21-13(15-1)11-17-7-5-9-10(6-8(7)18-11)20-12(19-9)14-16-2-4-22-14/h1-6H,(H,17,18)(H,19,20). The van der Waals surface area contributed by atoms with E-state index >= 15 is 0 Å². The Hall–Kier alpha value is -2.58. The van der Waals surface area contributed by atoms with Crippen molar-refractivity contribution in [3.8, 4) is 21.7 Å². The summed E-state index contributed by atoms with van der Waals surface area (Å²) in [5, 5.41) is 5.65. The normalized spacial score (nSPS) is 11.6. The van der Waals surface area contributed by atoms with Crippen LogP contribution in [0.2, 0.25) is 0 Å². The van der Waals surface area contributed by atoms with Crippen molar-refractivity contribution in [1.82, 2.24) is 29.9 Å². The van der Waals surface area contributed by atoms with E-state index in [4.69, 9.17) is 0 Å². The second-order valence-corrected chi connectivity index (χ2v) is 6.52. The summed E-state index contributed by atoms with van der Waals surface area (Å²) in [6.07, 6.45) is 3.55. The number of imidazole rings is 2. The first-order valence-corrected chi connectivity index (χ1v) is 8.32. The molecule has 5 rings (SSSR count). The van der Waals surface area contributed by atoms with Crippen molar-refractivity contribution in [3.63, 3.8) is 0 Å². The number of thiazole rings is 2. The number of rotatable bonds is 2. The van der Waals surface area contributed by atoms with Gasteiger partial charge in [0.25, 0.3) is 0 Å². The van der Waals surface area contributed by atoms with Crippen LogP contribution in [0.3, 0.4) is 0 Å². The van der Waals surface area contributed by atoms with Gasteiger partial charge in [0, 0.05) is 23.2 Å². The number of aromatic amines is 2. The minimum absolute atomic E-state index is 0.790. The van der Waals surface area contributed by atoms with Crippen molar-refractivity contribution in [2.45, 2.75) is 0 Å². The average molecular weight is 324 g/mol. The van der Waals surface area contributed by atoms with Crippen LogP contribution in [-0.2, 0) is 0 Å². The molecule has 0 spiro atoms. The lowest BCUT2D eigenvalue weighted by Gasteiger charge is -1.88. The summed E-state index contributed by atoms with van der Waals surface area (Å²) in [5.74, 6) is 1.58. The van der Waals surface area contributed by atoms with Gasteiger partial charge in [-0.1, -0.05) is 0 Å². The third kappa shape index (κ3) is 1.78. The summed E-state index contributed by atoms with van der Waals surface area (Å²) in [6, 6.07) is 4.00. The summed E-state index contributed by atoms with van der Waals surface area (Å²) in [7, 11) is 0. The smallest absolute Gasteiger partial charge is 0.167 e. The van der Waals surface area contributed by atoms with Gasteiger partial charge in [0.05, 0.1) is 22.1 Å². The van der Waals surface area contributed by atoms with Crippen LogP contribution in [0.25, 0.3) is 43.7 Å². The highest BCUT2D eigenvalue weighted by atomic mass is 32.1. The van der Waals surface area contributed by atoms with Crippen molar-refractivity contribution < 1.29 is 0 Å². The molecule has 4 aromatic heterocycles. The number of H-pyrrole nitrogens is 2. The molecule has 0 aliphatic carbocycles. The lowest BCUT2D eigenvalue weighted by molar-refractivity contribution is 1.28. The van der Waals surface area contributed by atoms with E-state index in [1.54, 1.807) is 35.1 Å². The molecule has 0 radical (unpaired) electrons. The van der Waals surface area contributed by atoms with Gasteiger partial charge in [0.15, 0.2) is 21.7 Å². The molecule has 0 bridgehead atoms. The first-order valence-electron chi connectivity index (χ1n) is 6.56. The van der Waals surface area contributed by atoms with Crippen LogP contribution in [0.1, 0.15) is 0 Å². The molecular weight excluding hydrogens is 316 g/mol. The maximum atomic E-state index is 4.60. The number of hydrogen-bond acceptors (Lipinski definition) is 6. The molecule has 22 heavy (non-hydrogen) atoms. The fraction of sp³-hybridized carbons (Fsp3) is 0. The van der Waals surface area contributed by atoms with E-state index in [9.17, 15) is 0 Å². The Morgan fingerprint density at radius 2 is 1.27 bits per heavy atom. The van der Waals surface area contributed by atoms with Crippen LogP contribution >= 0.6 is 22.7 Å². The van der Waals surface area contributed by atoms with Crippen LogP contribution in [0, 0.1) is 0 Å². The van der Waals surface area contributed by atoms with Crippen molar-refractivity contribution in [1.29, 1.82) is 0 Å². The fourth-order valence-electron chi connectivity index (χ4n) is 2.40. The van der Waals surface area contributed by atoms with Crippen LogP contribution < -0.4 is 0 Å². The number of fused-ring (bicyclic) bond motifs is 2. The zero-order chi connectivity index (χ0) is 14.5. The van der Waals surface area contributed by atoms with Gasteiger partial charge in [0.2, 0.25) is 0 Å². The van der Waals surface area contributed by atoms with Gasteiger partial charge in [-0.2, -0.15) is 0 Å². The number of aromatic nitrogens is 6. The summed E-state index contributed by atoms with van der Waals surface area (Å²) >= 11 is 3.13.